The molecule has 0 saturated carbocycles. The number of nitrogens with two attached hydrogens (primary N) is 1. The number of imidazole rings is 1. The van der Waals surface area contributed by atoms with Crippen LogP contribution in [0.5, 0.6) is 0 Å². The third-order valence-corrected chi connectivity index (χ3v) is 6.20. The highest BCUT2D eigenvalue weighted by Crippen LogP contribution is 2.36. The quantitative estimate of drug-likeness (QED) is 0.705. The van der Waals surface area contributed by atoms with Crippen molar-refractivity contribution in [3.05, 3.63) is 56.6 Å². The van der Waals surface area contributed by atoms with Crippen molar-refractivity contribution in [2.45, 2.75) is 31.8 Å². The summed E-state index contributed by atoms with van der Waals surface area (Å²) in [6, 6.07) is 11.0. The Morgan fingerprint density at radius 3 is 2.81 bits per heavy atom. The van der Waals surface area contributed by atoms with Crippen molar-refractivity contribution in [1.82, 2.24) is 14.5 Å². The molecule has 0 radical (unpaired) electrons. The lowest BCUT2D eigenvalue weighted by atomic mass is 10.2. The molecule has 4 rings (SSSR count). The molecule has 1 aromatic carbocycles. The van der Waals surface area contributed by atoms with Crippen molar-refractivity contribution in [3.8, 4) is 0 Å². The van der Waals surface area contributed by atoms with Crippen LogP contribution < -0.4 is 11.4 Å². The molecule has 1 atom stereocenters. The zero-order chi connectivity index (χ0) is 19.0. The van der Waals surface area contributed by atoms with E-state index in [1.165, 1.54) is 11.3 Å². The van der Waals surface area contributed by atoms with Crippen molar-refractivity contribution in [1.29, 1.82) is 0 Å². The maximum Gasteiger partial charge on any atom is 0.326 e. The van der Waals surface area contributed by atoms with E-state index in [9.17, 15) is 14.4 Å². The molecule has 3 aromatic rings. The van der Waals surface area contributed by atoms with Gasteiger partial charge in [-0.15, -0.1) is 11.3 Å². The first kappa shape index (κ1) is 17.5. The lowest BCUT2D eigenvalue weighted by molar-refractivity contribution is -0.132. The highest BCUT2D eigenvalue weighted by molar-refractivity contribution is 7.14. The van der Waals surface area contributed by atoms with Crippen LogP contribution >= 0.6 is 11.3 Å². The summed E-state index contributed by atoms with van der Waals surface area (Å²) in [7, 11) is 0. The fourth-order valence-corrected chi connectivity index (χ4v) is 4.71. The Morgan fingerprint density at radius 2 is 2.04 bits per heavy atom. The van der Waals surface area contributed by atoms with E-state index in [0.29, 0.717) is 18.0 Å². The lowest BCUT2D eigenvalue weighted by Gasteiger charge is -2.24. The minimum absolute atomic E-state index is 0.0173. The number of hydrogen-bond acceptors (Lipinski definition) is 4. The monoisotopic (exact) mass is 384 g/mol. The Balaban J connectivity index is 1.49. The molecule has 3 N–H and O–H groups in total. The van der Waals surface area contributed by atoms with Crippen molar-refractivity contribution in [2.75, 3.05) is 6.54 Å². The van der Waals surface area contributed by atoms with Crippen LogP contribution in [0.25, 0.3) is 11.0 Å². The topological polar surface area (TPSA) is 101 Å². The second-order valence-electron chi connectivity index (χ2n) is 6.66. The molecule has 1 saturated heterocycles. The van der Waals surface area contributed by atoms with Crippen molar-refractivity contribution in [3.63, 3.8) is 0 Å². The molecule has 2 aromatic heterocycles. The number of nitrogens with one attached hydrogen (secondary N) is 1. The predicted octanol–water partition coefficient (Wildman–Crippen LogP) is 2.24. The van der Waals surface area contributed by atoms with Gasteiger partial charge < -0.3 is 15.6 Å². The molecular formula is C19H20N4O3S. The normalized spacial score (nSPS) is 16.9. The number of carbonyl (C=O) groups is 2. The van der Waals surface area contributed by atoms with E-state index in [1.54, 1.807) is 10.6 Å². The SMILES string of the molecule is NC(=O)c1ccc(C2CCCN2C(=O)CCn2c(=O)[nH]c3ccccc32)s1. The first-order chi connectivity index (χ1) is 13.0. The predicted molar refractivity (Wildman–Crippen MR) is 104 cm³/mol. The summed E-state index contributed by atoms with van der Waals surface area (Å²) >= 11 is 1.35. The first-order valence-electron chi connectivity index (χ1n) is 8.91. The zero-order valence-electron chi connectivity index (χ0n) is 14.7. The summed E-state index contributed by atoms with van der Waals surface area (Å²) in [5.74, 6) is -0.426. The van der Waals surface area contributed by atoms with Gasteiger partial charge in [0.15, 0.2) is 0 Å². The Kier molecular flexibility index (Phi) is 4.57. The van der Waals surface area contributed by atoms with E-state index in [1.807, 2.05) is 35.2 Å². The maximum atomic E-state index is 12.8. The minimum atomic E-state index is -0.444. The number of carbonyl (C=O) groups excluding carboxylic acids is 2. The van der Waals surface area contributed by atoms with Gasteiger partial charge in [-0.2, -0.15) is 0 Å². The van der Waals surface area contributed by atoms with E-state index in [0.717, 1.165) is 28.8 Å². The number of amides is 2. The van der Waals surface area contributed by atoms with Gasteiger partial charge in [-0.25, -0.2) is 4.79 Å². The van der Waals surface area contributed by atoms with Gasteiger partial charge in [0.25, 0.3) is 5.91 Å². The Hall–Kier alpha value is -2.87. The van der Waals surface area contributed by atoms with Crippen LogP contribution in [0.15, 0.2) is 41.2 Å². The minimum Gasteiger partial charge on any atom is -0.365 e. The smallest absolute Gasteiger partial charge is 0.326 e. The van der Waals surface area contributed by atoms with Crippen LogP contribution in [0.4, 0.5) is 0 Å². The molecule has 3 heterocycles. The summed E-state index contributed by atoms with van der Waals surface area (Å²) in [6.07, 6.45) is 2.05. The zero-order valence-corrected chi connectivity index (χ0v) is 15.5. The molecule has 27 heavy (non-hydrogen) atoms. The number of likely N-dealkylation sites (tertiary alicyclic amines) is 1. The van der Waals surface area contributed by atoms with Gasteiger partial charge in [-0.1, -0.05) is 12.1 Å². The highest BCUT2D eigenvalue weighted by Gasteiger charge is 2.31. The van der Waals surface area contributed by atoms with E-state index < -0.39 is 5.91 Å². The van der Waals surface area contributed by atoms with Crippen LogP contribution in [0.2, 0.25) is 0 Å². The third kappa shape index (κ3) is 3.28. The number of thiophene rings is 1. The van der Waals surface area contributed by atoms with E-state index in [4.69, 9.17) is 5.73 Å². The molecule has 2 amide bonds. The fourth-order valence-electron chi connectivity index (χ4n) is 3.71. The highest BCUT2D eigenvalue weighted by atomic mass is 32.1. The van der Waals surface area contributed by atoms with Gasteiger partial charge >= 0.3 is 5.69 Å². The second kappa shape index (κ2) is 7.03. The summed E-state index contributed by atoms with van der Waals surface area (Å²) in [4.78, 5) is 42.5. The van der Waals surface area contributed by atoms with Gasteiger partial charge in [0, 0.05) is 24.4 Å². The van der Waals surface area contributed by atoms with Crippen molar-refractivity contribution in [2.24, 2.45) is 5.73 Å². The average molecular weight is 384 g/mol. The summed E-state index contributed by atoms with van der Waals surface area (Å²) in [6.45, 7) is 1.03. The van der Waals surface area contributed by atoms with Gasteiger partial charge in [0.1, 0.15) is 0 Å². The molecule has 1 fully saturated rings. The van der Waals surface area contributed by atoms with Crippen LogP contribution in [0, 0.1) is 0 Å². The summed E-state index contributed by atoms with van der Waals surface area (Å²) < 4.78 is 1.61. The first-order valence-corrected chi connectivity index (χ1v) is 9.73. The number of para-hydroxylation sites is 2. The molecular weight excluding hydrogens is 364 g/mol. The molecule has 1 aliphatic heterocycles. The number of aromatic nitrogens is 2. The number of primary amides is 1. The number of H-pyrrole nitrogens is 1. The lowest BCUT2D eigenvalue weighted by Crippen LogP contribution is -2.31. The van der Waals surface area contributed by atoms with E-state index in [2.05, 4.69) is 4.98 Å². The van der Waals surface area contributed by atoms with Crippen LogP contribution in [0.1, 0.15) is 39.9 Å². The maximum absolute atomic E-state index is 12.8. The van der Waals surface area contributed by atoms with Crippen LogP contribution in [-0.4, -0.2) is 32.8 Å². The molecule has 0 bridgehead atoms. The van der Waals surface area contributed by atoms with Gasteiger partial charge in [-0.3, -0.25) is 14.2 Å². The number of aryl methyl sites for hydroxylation is 1. The number of rotatable bonds is 5. The number of aromatic amines is 1. The van der Waals surface area contributed by atoms with E-state index in [-0.39, 0.29) is 24.1 Å². The number of fused-ring (bicyclic) bond motifs is 1. The Morgan fingerprint density at radius 1 is 1.22 bits per heavy atom. The number of hydrogen-bond donors (Lipinski definition) is 2. The number of benzene rings is 1. The molecule has 1 unspecified atom stereocenters. The van der Waals surface area contributed by atoms with Crippen molar-refractivity contribution >= 4 is 34.2 Å². The van der Waals surface area contributed by atoms with Crippen LogP contribution in [-0.2, 0) is 11.3 Å². The molecule has 0 spiro atoms. The van der Waals surface area contributed by atoms with Crippen molar-refractivity contribution < 1.29 is 9.59 Å². The van der Waals surface area contributed by atoms with Crippen LogP contribution in [0.3, 0.4) is 0 Å². The second-order valence-corrected chi connectivity index (χ2v) is 7.78. The molecule has 1 aliphatic rings. The Labute approximate surface area is 159 Å². The number of nitrogens with zero attached hydrogens (tertiary/aromatic N) is 2. The molecule has 140 valence electrons. The average Bonchev–Trinajstić information content (AvgIpc) is 3.37. The molecule has 8 heteroatoms. The Bertz CT molecular complexity index is 1060. The summed E-state index contributed by atoms with van der Waals surface area (Å²) in [5.41, 5.74) is 6.71. The molecule has 0 aliphatic carbocycles. The van der Waals surface area contributed by atoms with Gasteiger partial charge in [0.2, 0.25) is 5.91 Å². The van der Waals surface area contributed by atoms with Gasteiger partial charge in [-0.05, 0) is 37.1 Å². The fraction of sp³-hybridized carbons (Fsp3) is 0.316. The van der Waals surface area contributed by atoms with Gasteiger partial charge in [0.05, 0.1) is 22.0 Å². The summed E-state index contributed by atoms with van der Waals surface area (Å²) in [5, 5.41) is 0. The van der Waals surface area contributed by atoms with E-state index >= 15 is 0 Å². The molecule has 7 nitrogen and oxygen atoms in total. The largest absolute Gasteiger partial charge is 0.365 e. The third-order valence-electron chi connectivity index (χ3n) is 5.00. The standard InChI is InChI=1S/C19H20N4O3S/c20-18(25)16-8-7-15(27-16)14-6-3-10-22(14)17(24)9-11-23-13-5-2-1-4-12(13)21-19(23)26/h1-2,4-5,7-8,14H,3,6,9-11H2,(H2,20,25)(H,21,26).